The van der Waals surface area contributed by atoms with Crippen LogP contribution in [0.4, 0.5) is 0 Å². The van der Waals surface area contributed by atoms with Crippen LogP contribution >= 0.6 is 15.9 Å². The Kier molecular flexibility index (Phi) is 4.25. The van der Waals surface area contributed by atoms with Gasteiger partial charge < -0.3 is 0 Å². The average Bonchev–Trinajstić information content (AvgIpc) is 2.54. The van der Waals surface area contributed by atoms with Crippen LogP contribution in [0.1, 0.15) is 16.1 Å². The Morgan fingerprint density at radius 1 is 1.09 bits per heavy atom. The van der Waals surface area contributed by atoms with Crippen molar-refractivity contribution in [1.82, 2.24) is 10.4 Å². The molecule has 2 aromatic carbocycles. The number of carbonyl (C=O) groups is 1. The maximum absolute atomic E-state index is 11.9. The molecule has 0 unspecified atom stereocenters. The van der Waals surface area contributed by atoms with Gasteiger partial charge in [0, 0.05) is 15.4 Å². The van der Waals surface area contributed by atoms with E-state index in [9.17, 15) is 4.79 Å². The third-order valence-electron chi connectivity index (χ3n) is 3.07. The van der Waals surface area contributed by atoms with Crippen LogP contribution in [-0.2, 0) is 0 Å². The van der Waals surface area contributed by atoms with E-state index in [1.54, 1.807) is 18.2 Å². The highest BCUT2D eigenvalue weighted by atomic mass is 79.9. The molecule has 0 aliphatic heterocycles. The maximum atomic E-state index is 11.9. The highest BCUT2D eigenvalue weighted by molar-refractivity contribution is 9.10. The Balaban J connectivity index is 1.72. The Morgan fingerprint density at radius 2 is 1.95 bits per heavy atom. The molecule has 0 aliphatic rings. The summed E-state index contributed by atoms with van der Waals surface area (Å²) in [7, 11) is 0. The molecule has 0 saturated carbocycles. The van der Waals surface area contributed by atoms with Crippen molar-refractivity contribution < 1.29 is 4.79 Å². The van der Waals surface area contributed by atoms with Gasteiger partial charge in [0.1, 0.15) is 0 Å². The van der Waals surface area contributed by atoms with Gasteiger partial charge >= 0.3 is 0 Å². The molecule has 1 aromatic heterocycles. The number of benzene rings is 2. The van der Waals surface area contributed by atoms with E-state index in [2.05, 4.69) is 31.4 Å². The molecular formula is C17H12BrN3O. The van der Waals surface area contributed by atoms with Gasteiger partial charge in [0.15, 0.2) is 0 Å². The van der Waals surface area contributed by atoms with Crippen LogP contribution in [0.25, 0.3) is 10.9 Å². The van der Waals surface area contributed by atoms with E-state index in [1.807, 2.05) is 42.5 Å². The SMILES string of the molecule is O=C(NN=Cc1ccc2ccccc2n1)c1cccc(Br)c1. The lowest BCUT2D eigenvalue weighted by Crippen LogP contribution is -2.17. The minimum Gasteiger partial charge on any atom is -0.267 e. The first-order valence-corrected chi connectivity index (χ1v) is 7.46. The van der Waals surface area contributed by atoms with Gasteiger partial charge in [-0.25, -0.2) is 10.4 Å². The lowest BCUT2D eigenvalue weighted by atomic mass is 10.2. The molecule has 0 bridgehead atoms. The molecule has 0 atom stereocenters. The van der Waals surface area contributed by atoms with Crippen LogP contribution in [0.2, 0.25) is 0 Å². The molecule has 1 N–H and O–H groups in total. The third kappa shape index (κ3) is 3.38. The highest BCUT2D eigenvalue weighted by Crippen LogP contribution is 2.12. The summed E-state index contributed by atoms with van der Waals surface area (Å²) in [6, 6.07) is 18.8. The molecule has 108 valence electrons. The molecule has 0 aliphatic carbocycles. The Hall–Kier alpha value is -2.53. The fourth-order valence-electron chi connectivity index (χ4n) is 2.01. The lowest BCUT2D eigenvalue weighted by Gasteiger charge is -2.00. The molecule has 0 fully saturated rings. The van der Waals surface area contributed by atoms with Crippen LogP contribution in [0, 0.1) is 0 Å². The summed E-state index contributed by atoms with van der Waals surface area (Å²) < 4.78 is 0.848. The molecule has 0 spiro atoms. The number of fused-ring (bicyclic) bond motifs is 1. The number of para-hydroxylation sites is 1. The summed E-state index contributed by atoms with van der Waals surface area (Å²) in [6.07, 6.45) is 1.53. The van der Waals surface area contributed by atoms with Crippen LogP contribution in [0.15, 0.2) is 70.2 Å². The van der Waals surface area contributed by atoms with Crippen molar-refractivity contribution >= 4 is 39.0 Å². The Morgan fingerprint density at radius 3 is 2.82 bits per heavy atom. The molecule has 1 heterocycles. The van der Waals surface area contributed by atoms with Gasteiger partial charge in [-0.1, -0.05) is 46.3 Å². The third-order valence-corrected chi connectivity index (χ3v) is 3.56. The number of nitrogens with zero attached hydrogens (tertiary/aromatic N) is 2. The molecule has 5 heteroatoms. The van der Waals surface area contributed by atoms with Gasteiger partial charge in [-0.05, 0) is 30.3 Å². The predicted octanol–water partition coefficient (Wildman–Crippen LogP) is 3.76. The molecule has 0 saturated heterocycles. The molecule has 3 aromatic rings. The van der Waals surface area contributed by atoms with Crippen molar-refractivity contribution in [3.05, 3.63) is 76.4 Å². The largest absolute Gasteiger partial charge is 0.271 e. The van der Waals surface area contributed by atoms with Crippen LogP contribution in [0.5, 0.6) is 0 Å². The van der Waals surface area contributed by atoms with Crippen molar-refractivity contribution in [2.24, 2.45) is 5.10 Å². The summed E-state index contributed by atoms with van der Waals surface area (Å²) in [5.74, 6) is -0.265. The first-order chi connectivity index (χ1) is 10.7. The quantitative estimate of drug-likeness (QED) is 0.575. The first kappa shape index (κ1) is 14.4. The fourth-order valence-corrected chi connectivity index (χ4v) is 2.40. The number of halogens is 1. The highest BCUT2D eigenvalue weighted by Gasteiger charge is 2.03. The minimum absolute atomic E-state index is 0.265. The van der Waals surface area contributed by atoms with E-state index in [0.29, 0.717) is 11.3 Å². The maximum Gasteiger partial charge on any atom is 0.271 e. The molecule has 4 nitrogen and oxygen atoms in total. The van der Waals surface area contributed by atoms with Gasteiger partial charge in [-0.2, -0.15) is 5.10 Å². The van der Waals surface area contributed by atoms with E-state index in [-0.39, 0.29) is 5.91 Å². The summed E-state index contributed by atoms with van der Waals surface area (Å²) in [6.45, 7) is 0. The summed E-state index contributed by atoms with van der Waals surface area (Å²) in [5, 5.41) is 5.02. The normalized spacial score (nSPS) is 11.0. The average molecular weight is 354 g/mol. The van der Waals surface area contributed by atoms with Crippen LogP contribution in [-0.4, -0.2) is 17.1 Å². The second kappa shape index (κ2) is 6.49. The minimum atomic E-state index is -0.265. The number of hydrogen-bond acceptors (Lipinski definition) is 3. The summed E-state index contributed by atoms with van der Waals surface area (Å²) in [5.41, 5.74) is 4.61. The Labute approximate surface area is 136 Å². The van der Waals surface area contributed by atoms with Gasteiger partial charge in [0.2, 0.25) is 0 Å². The number of carbonyl (C=O) groups excluding carboxylic acids is 1. The zero-order valence-electron chi connectivity index (χ0n) is 11.5. The number of rotatable bonds is 3. The van der Waals surface area contributed by atoms with Crippen LogP contribution in [0.3, 0.4) is 0 Å². The van der Waals surface area contributed by atoms with Gasteiger partial charge in [-0.3, -0.25) is 4.79 Å². The van der Waals surface area contributed by atoms with Crippen molar-refractivity contribution in [2.75, 3.05) is 0 Å². The fraction of sp³-hybridized carbons (Fsp3) is 0. The molecular weight excluding hydrogens is 342 g/mol. The topological polar surface area (TPSA) is 54.4 Å². The number of aromatic nitrogens is 1. The van der Waals surface area contributed by atoms with Crippen molar-refractivity contribution in [3.63, 3.8) is 0 Å². The Bertz CT molecular complexity index is 861. The predicted molar refractivity (Wildman–Crippen MR) is 90.9 cm³/mol. The van der Waals surface area contributed by atoms with E-state index >= 15 is 0 Å². The molecule has 1 amide bonds. The van der Waals surface area contributed by atoms with Crippen molar-refractivity contribution in [1.29, 1.82) is 0 Å². The van der Waals surface area contributed by atoms with Gasteiger partial charge in [0.05, 0.1) is 17.4 Å². The molecule has 22 heavy (non-hydrogen) atoms. The molecule has 3 rings (SSSR count). The monoisotopic (exact) mass is 353 g/mol. The zero-order valence-corrected chi connectivity index (χ0v) is 13.1. The second-order valence-corrected chi connectivity index (χ2v) is 5.55. The summed E-state index contributed by atoms with van der Waals surface area (Å²) >= 11 is 3.33. The zero-order chi connectivity index (χ0) is 15.4. The number of pyridine rings is 1. The molecule has 0 radical (unpaired) electrons. The first-order valence-electron chi connectivity index (χ1n) is 6.67. The summed E-state index contributed by atoms with van der Waals surface area (Å²) in [4.78, 5) is 16.4. The van der Waals surface area contributed by atoms with E-state index < -0.39 is 0 Å². The van der Waals surface area contributed by atoms with Crippen LogP contribution < -0.4 is 5.43 Å². The van der Waals surface area contributed by atoms with E-state index in [1.165, 1.54) is 6.21 Å². The van der Waals surface area contributed by atoms with Crippen molar-refractivity contribution in [2.45, 2.75) is 0 Å². The smallest absolute Gasteiger partial charge is 0.267 e. The number of amides is 1. The van der Waals surface area contributed by atoms with Gasteiger partial charge in [0.25, 0.3) is 5.91 Å². The van der Waals surface area contributed by atoms with E-state index in [4.69, 9.17) is 0 Å². The van der Waals surface area contributed by atoms with E-state index in [0.717, 1.165) is 15.4 Å². The van der Waals surface area contributed by atoms with Crippen molar-refractivity contribution in [3.8, 4) is 0 Å². The second-order valence-electron chi connectivity index (χ2n) is 4.64. The number of hydrazone groups is 1. The standard InChI is InChI=1S/C17H12BrN3O/c18-14-6-3-5-13(10-14)17(22)21-19-11-15-9-8-12-4-1-2-7-16(12)20-15/h1-11H,(H,21,22). The number of hydrogen-bond donors (Lipinski definition) is 1. The van der Waals surface area contributed by atoms with Gasteiger partial charge in [-0.15, -0.1) is 0 Å². The number of nitrogens with one attached hydrogen (secondary N) is 1. The lowest BCUT2D eigenvalue weighted by molar-refractivity contribution is 0.0955.